The van der Waals surface area contributed by atoms with E-state index in [9.17, 15) is 0 Å². The third kappa shape index (κ3) is 4.23. The van der Waals surface area contributed by atoms with E-state index in [1.807, 2.05) is 37.3 Å². The van der Waals surface area contributed by atoms with E-state index in [1.54, 1.807) is 7.11 Å². The molecule has 0 fully saturated rings. The van der Waals surface area contributed by atoms with E-state index in [1.165, 1.54) is 5.56 Å². The first-order valence-corrected chi connectivity index (χ1v) is 8.01. The predicted octanol–water partition coefficient (Wildman–Crippen LogP) is 4.29. The number of nitrogens with zero attached hydrogens (tertiary/aromatic N) is 3. The Hall–Kier alpha value is -3.15. The Morgan fingerprint density at radius 3 is 2.32 bits per heavy atom. The lowest BCUT2D eigenvalue weighted by Crippen LogP contribution is -2.06. The maximum atomic E-state index is 5.24. The SMILES string of the molecule is COc1cccc(Nc2nc(C)nc(Nc3ccc(C)cc3C)n2)c1. The third-order valence-corrected chi connectivity index (χ3v) is 3.70. The molecule has 2 aromatic carbocycles. The maximum absolute atomic E-state index is 5.24. The van der Waals surface area contributed by atoms with Crippen LogP contribution in [0.25, 0.3) is 0 Å². The number of rotatable bonds is 5. The minimum absolute atomic E-state index is 0.480. The Bertz CT molecular complexity index is 895. The summed E-state index contributed by atoms with van der Waals surface area (Å²) >= 11 is 0. The Balaban J connectivity index is 1.84. The number of hydrogen-bond donors (Lipinski definition) is 2. The minimum atomic E-state index is 0.480. The molecule has 25 heavy (non-hydrogen) atoms. The molecule has 0 aliphatic carbocycles. The van der Waals surface area contributed by atoms with Crippen molar-refractivity contribution in [2.24, 2.45) is 0 Å². The molecule has 0 spiro atoms. The molecular weight excluding hydrogens is 314 g/mol. The Labute approximate surface area is 147 Å². The Morgan fingerprint density at radius 1 is 0.840 bits per heavy atom. The van der Waals surface area contributed by atoms with Gasteiger partial charge < -0.3 is 15.4 Å². The topological polar surface area (TPSA) is 72.0 Å². The van der Waals surface area contributed by atoms with Gasteiger partial charge in [-0.05, 0) is 44.5 Å². The second kappa shape index (κ2) is 7.17. The quantitative estimate of drug-likeness (QED) is 0.724. The molecule has 2 N–H and O–H groups in total. The lowest BCUT2D eigenvalue weighted by atomic mass is 10.1. The van der Waals surface area contributed by atoms with Crippen molar-refractivity contribution < 1.29 is 4.74 Å². The summed E-state index contributed by atoms with van der Waals surface area (Å²) in [7, 11) is 1.64. The summed E-state index contributed by atoms with van der Waals surface area (Å²) in [5.74, 6) is 2.38. The highest BCUT2D eigenvalue weighted by Gasteiger charge is 2.07. The number of hydrogen-bond acceptors (Lipinski definition) is 6. The summed E-state index contributed by atoms with van der Waals surface area (Å²) in [6.07, 6.45) is 0. The molecule has 1 aromatic heterocycles. The molecule has 6 nitrogen and oxygen atoms in total. The molecule has 0 aliphatic heterocycles. The van der Waals surface area contributed by atoms with Gasteiger partial charge in [0.25, 0.3) is 0 Å². The van der Waals surface area contributed by atoms with Crippen molar-refractivity contribution in [3.05, 3.63) is 59.4 Å². The second-order valence-corrected chi connectivity index (χ2v) is 5.83. The van der Waals surface area contributed by atoms with Crippen LogP contribution in [0.1, 0.15) is 17.0 Å². The van der Waals surface area contributed by atoms with Crippen molar-refractivity contribution in [2.45, 2.75) is 20.8 Å². The van der Waals surface area contributed by atoms with Gasteiger partial charge in [-0.25, -0.2) is 0 Å². The molecule has 0 radical (unpaired) electrons. The number of ether oxygens (including phenoxy) is 1. The predicted molar refractivity (Wildman–Crippen MR) is 100 cm³/mol. The maximum Gasteiger partial charge on any atom is 0.232 e. The first kappa shape index (κ1) is 16.7. The monoisotopic (exact) mass is 335 g/mol. The summed E-state index contributed by atoms with van der Waals surface area (Å²) in [6.45, 7) is 5.96. The fraction of sp³-hybridized carbons (Fsp3) is 0.211. The Kier molecular flexibility index (Phi) is 4.79. The molecule has 0 unspecified atom stereocenters. The van der Waals surface area contributed by atoms with Crippen LogP contribution in [-0.4, -0.2) is 22.1 Å². The van der Waals surface area contributed by atoms with Crippen LogP contribution < -0.4 is 15.4 Å². The highest BCUT2D eigenvalue weighted by Crippen LogP contribution is 2.22. The lowest BCUT2D eigenvalue weighted by molar-refractivity contribution is 0.415. The van der Waals surface area contributed by atoms with Crippen molar-refractivity contribution in [3.63, 3.8) is 0 Å². The average molecular weight is 335 g/mol. The van der Waals surface area contributed by atoms with E-state index in [-0.39, 0.29) is 0 Å². The van der Waals surface area contributed by atoms with Gasteiger partial charge in [-0.15, -0.1) is 0 Å². The van der Waals surface area contributed by atoms with E-state index in [4.69, 9.17) is 4.74 Å². The minimum Gasteiger partial charge on any atom is -0.497 e. The molecule has 128 valence electrons. The van der Waals surface area contributed by atoms with Gasteiger partial charge in [0.1, 0.15) is 11.6 Å². The van der Waals surface area contributed by atoms with E-state index < -0.39 is 0 Å². The van der Waals surface area contributed by atoms with E-state index >= 15 is 0 Å². The highest BCUT2D eigenvalue weighted by molar-refractivity contribution is 5.61. The number of benzene rings is 2. The van der Waals surface area contributed by atoms with Gasteiger partial charge >= 0.3 is 0 Å². The first-order chi connectivity index (χ1) is 12.0. The smallest absolute Gasteiger partial charge is 0.232 e. The number of aromatic nitrogens is 3. The van der Waals surface area contributed by atoms with Gasteiger partial charge in [-0.1, -0.05) is 23.8 Å². The Morgan fingerprint density at radius 2 is 1.60 bits per heavy atom. The van der Waals surface area contributed by atoms with Crippen LogP contribution in [0.4, 0.5) is 23.3 Å². The van der Waals surface area contributed by atoms with Gasteiger partial charge in [0, 0.05) is 17.4 Å². The van der Waals surface area contributed by atoms with Gasteiger partial charge in [-0.3, -0.25) is 0 Å². The number of anilines is 4. The molecule has 6 heteroatoms. The van der Waals surface area contributed by atoms with Gasteiger partial charge in [0.15, 0.2) is 0 Å². The summed E-state index contributed by atoms with van der Waals surface area (Å²) in [5, 5.41) is 6.45. The summed E-state index contributed by atoms with van der Waals surface area (Å²) in [6, 6.07) is 13.8. The standard InChI is InChI=1S/C19H21N5O/c1-12-8-9-17(13(2)10-12)23-19-21-14(3)20-18(24-19)22-15-6-5-7-16(11-15)25-4/h5-11H,1-4H3,(H2,20,21,22,23,24). The number of methoxy groups -OCH3 is 1. The largest absolute Gasteiger partial charge is 0.497 e. The summed E-state index contributed by atoms with van der Waals surface area (Å²) in [4.78, 5) is 13.2. The van der Waals surface area contributed by atoms with Crippen molar-refractivity contribution in [1.29, 1.82) is 0 Å². The molecule has 0 saturated heterocycles. The normalized spacial score (nSPS) is 10.4. The van der Waals surface area contributed by atoms with Crippen LogP contribution in [0.5, 0.6) is 5.75 Å². The molecular formula is C19H21N5O. The third-order valence-electron chi connectivity index (χ3n) is 3.70. The van der Waals surface area contributed by atoms with Gasteiger partial charge in [0.2, 0.25) is 11.9 Å². The zero-order valence-electron chi connectivity index (χ0n) is 14.8. The zero-order chi connectivity index (χ0) is 17.8. The molecule has 0 atom stereocenters. The molecule has 0 bridgehead atoms. The molecule has 0 amide bonds. The molecule has 0 saturated carbocycles. The van der Waals surface area contributed by atoms with Crippen LogP contribution >= 0.6 is 0 Å². The number of aryl methyl sites for hydroxylation is 3. The van der Waals surface area contributed by atoms with Crippen LogP contribution in [0.3, 0.4) is 0 Å². The van der Waals surface area contributed by atoms with Crippen molar-refractivity contribution in [1.82, 2.24) is 15.0 Å². The van der Waals surface area contributed by atoms with Crippen LogP contribution in [0.15, 0.2) is 42.5 Å². The molecule has 3 aromatic rings. The van der Waals surface area contributed by atoms with E-state index in [0.29, 0.717) is 17.7 Å². The summed E-state index contributed by atoms with van der Waals surface area (Å²) < 4.78 is 5.24. The van der Waals surface area contributed by atoms with Crippen molar-refractivity contribution >= 4 is 23.3 Å². The second-order valence-electron chi connectivity index (χ2n) is 5.83. The van der Waals surface area contributed by atoms with Crippen LogP contribution in [0, 0.1) is 20.8 Å². The molecule has 3 rings (SSSR count). The highest BCUT2D eigenvalue weighted by atomic mass is 16.5. The van der Waals surface area contributed by atoms with Crippen molar-refractivity contribution in [2.75, 3.05) is 17.7 Å². The first-order valence-electron chi connectivity index (χ1n) is 8.01. The average Bonchev–Trinajstić information content (AvgIpc) is 2.57. The van der Waals surface area contributed by atoms with E-state index in [0.717, 1.165) is 22.7 Å². The fourth-order valence-electron chi connectivity index (χ4n) is 2.50. The van der Waals surface area contributed by atoms with Crippen LogP contribution in [-0.2, 0) is 0 Å². The lowest BCUT2D eigenvalue weighted by Gasteiger charge is -2.11. The number of nitrogens with one attached hydrogen (secondary N) is 2. The molecule has 0 aliphatic rings. The molecule has 1 heterocycles. The van der Waals surface area contributed by atoms with Crippen molar-refractivity contribution in [3.8, 4) is 5.75 Å². The zero-order valence-corrected chi connectivity index (χ0v) is 14.8. The fourth-order valence-corrected chi connectivity index (χ4v) is 2.50. The summed E-state index contributed by atoms with van der Waals surface area (Å²) in [5.41, 5.74) is 4.18. The van der Waals surface area contributed by atoms with Gasteiger partial charge in [-0.2, -0.15) is 15.0 Å². The van der Waals surface area contributed by atoms with E-state index in [2.05, 4.69) is 51.6 Å². The van der Waals surface area contributed by atoms with Crippen LogP contribution in [0.2, 0.25) is 0 Å². The van der Waals surface area contributed by atoms with Gasteiger partial charge in [0.05, 0.1) is 7.11 Å².